The highest BCUT2D eigenvalue weighted by Crippen LogP contribution is 2.17. The predicted octanol–water partition coefficient (Wildman–Crippen LogP) is 0.00780. The molecule has 5 heteroatoms. The van der Waals surface area contributed by atoms with Crippen LogP contribution in [0.4, 0.5) is 4.79 Å². The molecular weight excluding hydrogens is 182 g/mol. The number of primary amides is 1. The van der Waals surface area contributed by atoms with Gasteiger partial charge in [-0.2, -0.15) is 0 Å². The molecule has 1 unspecified atom stereocenters. The summed E-state index contributed by atoms with van der Waals surface area (Å²) in [5.41, 5.74) is 5.22. The van der Waals surface area contributed by atoms with Crippen LogP contribution in [0.3, 0.4) is 0 Å². The molecule has 1 atom stereocenters. The van der Waals surface area contributed by atoms with Crippen molar-refractivity contribution in [3.8, 4) is 0 Å². The van der Waals surface area contributed by atoms with E-state index in [4.69, 9.17) is 5.73 Å². The first kappa shape index (κ1) is 10.8. The number of likely N-dealkylation sites (N-methyl/N-ethyl adjacent to an activating group) is 1. The zero-order valence-corrected chi connectivity index (χ0v) is 8.69. The summed E-state index contributed by atoms with van der Waals surface area (Å²) in [5.74, 6) is 0.0151. The van der Waals surface area contributed by atoms with E-state index in [0.717, 1.165) is 12.8 Å². The molecule has 0 aromatic heterocycles. The second-order valence-electron chi connectivity index (χ2n) is 3.73. The van der Waals surface area contributed by atoms with Crippen LogP contribution in [-0.4, -0.2) is 47.9 Å². The lowest BCUT2D eigenvalue weighted by atomic mass is 10.2. The molecule has 14 heavy (non-hydrogen) atoms. The van der Waals surface area contributed by atoms with E-state index in [1.165, 1.54) is 6.92 Å². The third-order valence-electron chi connectivity index (χ3n) is 2.68. The van der Waals surface area contributed by atoms with E-state index in [9.17, 15) is 9.59 Å². The lowest BCUT2D eigenvalue weighted by Gasteiger charge is -2.26. The van der Waals surface area contributed by atoms with Gasteiger partial charge in [0.1, 0.15) is 0 Å². The maximum absolute atomic E-state index is 11.0. The van der Waals surface area contributed by atoms with Crippen molar-refractivity contribution in [3.05, 3.63) is 0 Å². The Kier molecular flexibility index (Phi) is 3.33. The second kappa shape index (κ2) is 4.30. The van der Waals surface area contributed by atoms with Crippen LogP contribution in [0.25, 0.3) is 0 Å². The first-order chi connectivity index (χ1) is 6.52. The van der Waals surface area contributed by atoms with Crippen LogP contribution in [0, 0.1) is 0 Å². The van der Waals surface area contributed by atoms with E-state index in [-0.39, 0.29) is 18.0 Å². The van der Waals surface area contributed by atoms with Gasteiger partial charge in [0.25, 0.3) is 0 Å². The van der Waals surface area contributed by atoms with Gasteiger partial charge in [-0.15, -0.1) is 0 Å². The molecule has 3 amide bonds. The van der Waals surface area contributed by atoms with Gasteiger partial charge >= 0.3 is 6.03 Å². The summed E-state index contributed by atoms with van der Waals surface area (Å²) in [6.07, 6.45) is 1.90. The fourth-order valence-electron chi connectivity index (χ4n) is 1.76. The Morgan fingerprint density at radius 3 is 2.71 bits per heavy atom. The molecule has 80 valence electrons. The molecule has 2 N–H and O–H groups in total. The molecule has 0 saturated carbocycles. The van der Waals surface area contributed by atoms with Crippen molar-refractivity contribution in [1.29, 1.82) is 0 Å². The van der Waals surface area contributed by atoms with Crippen LogP contribution in [-0.2, 0) is 4.79 Å². The first-order valence-corrected chi connectivity index (χ1v) is 4.80. The molecule has 1 heterocycles. The molecule has 1 aliphatic rings. The molecule has 5 nitrogen and oxygen atoms in total. The lowest BCUT2D eigenvalue weighted by molar-refractivity contribution is -0.128. The Balaban J connectivity index is 2.51. The maximum atomic E-state index is 11.0. The van der Waals surface area contributed by atoms with Crippen LogP contribution >= 0.6 is 0 Å². The van der Waals surface area contributed by atoms with Gasteiger partial charge in [0, 0.05) is 27.1 Å². The summed E-state index contributed by atoms with van der Waals surface area (Å²) >= 11 is 0. The Morgan fingerprint density at radius 2 is 2.21 bits per heavy atom. The Morgan fingerprint density at radius 1 is 1.57 bits per heavy atom. The number of urea groups is 1. The maximum Gasteiger partial charge on any atom is 0.315 e. The van der Waals surface area contributed by atoms with Gasteiger partial charge in [-0.05, 0) is 12.8 Å². The highest BCUT2D eigenvalue weighted by atomic mass is 16.2. The number of nitrogens with two attached hydrogens (primary N) is 1. The molecule has 0 spiro atoms. The van der Waals surface area contributed by atoms with Crippen molar-refractivity contribution < 1.29 is 9.59 Å². The number of hydrogen-bond donors (Lipinski definition) is 1. The quantitative estimate of drug-likeness (QED) is 0.680. The molecule has 1 fully saturated rings. The number of carbonyl (C=O) groups excluding carboxylic acids is 2. The monoisotopic (exact) mass is 199 g/mol. The lowest BCUT2D eigenvalue weighted by Crippen LogP contribution is -2.45. The zero-order chi connectivity index (χ0) is 10.7. The van der Waals surface area contributed by atoms with Crippen molar-refractivity contribution in [3.63, 3.8) is 0 Å². The first-order valence-electron chi connectivity index (χ1n) is 4.80. The van der Waals surface area contributed by atoms with E-state index in [1.807, 2.05) is 0 Å². The Bertz CT molecular complexity index is 242. The van der Waals surface area contributed by atoms with Crippen molar-refractivity contribution in [2.24, 2.45) is 5.73 Å². The summed E-state index contributed by atoms with van der Waals surface area (Å²) in [4.78, 5) is 25.3. The van der Waals surface area contributed by atoms with E-state index in [1.54, 1.807) is 16.8 Å². The van der Waals surface area contributed by atoms with Crippen LogP contribution in [0.1, 0.15) is 19.8 Å². The van der Waals surface area contributed by atoms with Gasteiger partial charge < -0.3 is 15.5 Å². The van der Waals surface area contributed by atoms with Crippen molar-refractivity contribution >= 4 is 11.9 Å². The third kappa shape index (κ3) is 2.37. The third-order valence-corrected chi connectivity index (χ3v) is 2.68. The number of nitrogens with zero attached hydrogens (tertiary/aromatic N) is 2. The number of likely N-dealkylation sites (tertiary alicyclic amines) is 1. The number of amides is 3. The van der Waals surface area contributed by atoms with E-state index < -0.39 is 0 Å². The van der Waals surface area contributed by atoms with Crippen LogP contribution in [0.15, 0.2) is 0 Å². The minimum Gasteiger partial charge on any atom is -0.351 e. The van der Waals surface area contributed by atoms with Crippen LogP contribution < -0.4 is 5.73 Å². The average Bonchev–Trinajstić information content (AvgIpc) is 2.52. The summed E-state index contributed by atoms with van der Waals surface area (Å²) in [6.45, 7) is 2.81. The molecule has 1 rings (SSSR count). The normalized spacial score (nSPS) is 21.0. The van der Waals surface area contributed by atoms with E-state index in [2.05, 4.69) is 0 Å². The summed E-state index contributed by atoms with van der Waals surface area (Å²) < 4.78 is 0. The van der Waals surface area contributed by atoms with Crippen molar-refractivity contribution in [2.75, 3.05) is 20.1 Å². The average molecular weight is 199 g/mol. The molecule has 0 aliphatic carbocycles. The molecule has 0 radical (unpaired) electrons. The Labute approximate surface area is 83.8 Å². The molecule has 0 aromatic carbocycles. The number of hydrogen-bond acceptors (Lipinski definition) is 2. The summed E-state index contributed by atoms with van der Waals surface area (Å²) in [5, 5.41) is 0. The minimum absolute atomic E-state index is 0.0151. The standard InChI is InChI=1S/C9H17N3O2/c1-7(13)11(2)6-8-4-3-5-12(8)9(10)14/h8H,3-6H2,1-2H3,(H2,10,14). The molecular formula is C9H17N3O2. The molecule has 1 aliphatic heterocycles. The van der Waals surface area contributed by atoms with Gasteiger partial charge in [0.15, 0.2) is 0 Å². The van der Waals surface area contributed by atoms with Crippen LogP contribution in [0.5, 0.6) is 0 Å². The Hall–Kier alpha value is -1.26. The summed E-state index contributed by atoms with van der Waals surface area (Å²) in [7, 11) is 1.74. The fraction of sp³-hybridized carbons (Fsp3) is 0.778. The SMILES string of the molecule is CC(=O)N(C)CC1CCCN1C(N)=O. The highest BCUT2D eigenvalue weighted by molar-refractivity contribution is 5.74. The van der Waals surface area contributed by atoms with E-state index >= 15 is 0 Å². The zero-order valence-electron chi connectivity index (χ0n) is 8.69. The minimum atomic E-state index is -0.385. The van der Waals surface area contributed by atoms with E-state index in [0.29, 0.717) is 13.1 Å². The smallest absolute Gasteiger partial charge is 0.315 e. The molecule has 0 aromatic rings. The molecule has 1 saturated heterocycles. The number of carbonyl (C=O) groups is 2. The largest absolute Gasteiger partial charge is 0.351 e. The van der Waals surface area contributed by atoms with Crippen molar-refractivity contribution in [1.82, 2.24) is 9.80 Å². The van der Waals surface area contributed by atoms with Crippen molar-refractivity contribution in [2.45, 2.75) is 25.8 Å². The van der Waals surface area contributed by atoms with Gasteiger partial charge in [-0.3, -0.25) is 4.79 Å². The molecule has 0 bridgehead atoms. The summed E-state index contributed by atoms with van der Waals surface area (Å²) in [6, 6.07) is -0.286. The fourth-order valence-corrected chi connectivity index (χ4v) is 1.76. The van der Waals surface area contributed by atoms with Gasteiger partial charge in [-0.25, -0.2) is 4.79 Å². The topological polar surface area (TPSA) is 66.6 Å². The van der Waals surface area contributed by atoms with Gasteiger partial charge in [0.2, 0.25) is 5.91 Å². The van der Waals surface area contributed by atoms with Gasteiger partial charge in [-0.1, -0.05) is 0 Å². The van der Waals surface area contributed by atoms with Gasteiger partial charge in [0.05, 0.1) is 6.04 Å². The van der Waals surface area contributed by atoms with Crippen LogP contribution in [0.2, 0.25) is 0 Å². The number of rotatable bonds is 2. The predicted molar refractivity (Wildman–Crippen MR) is 52.6 cm³/mol. The second-order valence-corrected chi connectivity index (χ2v) is 3.73. The highest BCUT2D eigenvalue weighted by Gasteiger charge is 2.28.